The molecule has 0 saturated carbocycles. The summed E-state index contributed by atoms with van der Waals surface area (Å²) < 4.78 is 20.6. The third-order valence-corrected chi connectivity index (χ3v) is 3.84. The van der Waals surface area contributed by atoms with E-state index in [1.165, 1.54) is 26.4 Å². The number of amides is 1. The van der Waals surface area contributed by atoms with Crippen molar-refractivity contribution in [2.24, 2.45) is 0 Å². The number of methoxy groups -OCH3 is 2. The molecule has 1 amide bonds. The predicted octanol–water partition coefficient (Wildman–Crippen LogP) is 1.81. The van der Waals surface area contributed by atoms with Crippen LogP contribution in [-0.4, -0.2) is 52.0 Å². The second kappa shape index (κ2) is 8.75. The Balaban J connectivity index is 1.87. The van der Waals surface area contributed by atoms with Crippen molar-refractivity contribution in [1.29, 1.82) is 0 Å². The van der Waals surface area contributed by atoms with Crippen molar-refractivity contribution in [2.75, 3.05) is 34.0 Å². The minimum Gasteiger partial charge on any atom is -0.493 e. The molecule has 0 unspecified atom stereocenters. The number of nitrogens with one attached hydrogen (secondary N) is 1. The summed E-state index contributed by atoms with van der Waals surface area (Å²) in [6, 6.07) is 2.84. The number of halogens is 1. The molecule has 7 nitrogen and oxygen atoms in total. The van der Waals surface area contributed by atoms with Crippen LogP contribution >= 0.6 is 11.6 Å². The molecule has 2 rings (SSSR count). The molecule has 0 radical (unpaired) electrons. The number of carbonyl (C=O) groups is 2. The second-order valence-electron chi connectivity index (χ2n) is 5.21. The molecule has 1 saturated heterocycles. The molecule has 0 aromatic heterocycles. The molecule has 0 bridgehead atoms. The quantitative estimate of drug-likeness (QED) is 0.749. The van der Waals surface area contributed by atoms with Crippen molar-refractivity contribution in [3.05, 3.63) is 22.7 Å². The first kappa shape index (κ1) is 18.4. The molecular weight excluding hydrogens is 338 g/mol. The van der Waals surface area contributed by atoms with Gasteiger partial charge in [0.25, 0.3) is 5.91 Å². The van der Waals surface area contributed by atoms with E-state index in [1.54, 1.807) is 0 Å². The van der Waals surface area contributed by atoms with Crippen LogP contribution in [0.25, 0.3) is 0 Å². The second-order valence-corrected chi connectivity index (χ2v) is 5.62. The highest BCUT2D eigenvalue weighted by atomic mass is 35.5. The molecule has 1 N–H and O–H groups in total. The molecular formula is C16H20ClNO6. The van der Waals surface area contributed by atoms with Gasteiger partial charge in [0.1, 0.15) is 0 Å². The third kappa shape index (κ3) is 4.75. The first-order valence-corrected chi connectivity index (χ1v) is 7.90. The topological polar surface area (TPSA) is 83.1 Å². The Bertz CT molecular complexity index is 600. The predicted molar refractivity (Wildman–Crippen MR) is 86.8 cm³/mol. The van der Waals surface area contributed by atoms with E-state index in [0.29, 0.717) is 18.0 Å². The summed E-state index contributed by atoms with van der Waals surface area (Å²) in [6.45, 7) is 0.756. The van der Waals surface area contributed by atoms with Gasteiger partial charge in [-0.2, -0.15) is 0 Å². The van der Waals surface area contributed by atoms with Gasteiger partial charge in [-0.25, -0.2) is 4.79 Å². The lowest BCUT2D eigenvalue weighted by molar-refractivity contribution is -0.124. The standard InChI is InChI=1S/C16H20ClNO6/c1-21-13-7-10(6-12(17)15(13)22-2)16(20)24-9-14(19)18-8-11-4-3-5-23-11/h6-7,11H,3-5,8-9H2,1-2H3,(H,18,19)/t11-/m0/s1. The summed E-state index contributed by atoms with van der Waals surface area (Å²) in [7, 11) is 2.88. The van der Waals surface area contributed by atoms with Crippen molar-refractivity contribution < 1.29 is 28.5 Å². The van der Waals surface area contributed by atoms with Gasteiger partial charge in [-0.05, 0) is 25.0 Å². The molecule has 8 heteroatoms. The summed E-state index contributed by atoms with van der Waals surface area (Å²) in [5, 5.41) is 2.89. The minimum absolute atomic E-state index is 0.0364. The van der Waals surface area contributed by atoms with Crippen LogP contribution in [0.15, 0.2) is 12.1 Å². The zero-order valence-corrected chi connectivity index (χ0v) is 14.4. The van der Waals surface area contributed by atoms with E-state index in [0.717, 1.165) is 19.4 Å². The highest BCUT2D eigenvalue weighted by Crippen LogP contribution is 2.36. The van der Waals surface area contributed by atoms with E-state index in [4.69, 9.17) is 30.5 Å². The van der Waals surface area contributed by atoms with Crippen molar-refractivity contribution in [1.82, 2.24) is 5.32 Å². The van der Waals surface area contributed by atoms with Crippen LogP contribution < -0.4 is 14.8 Å². The maximum Gasteiger partial charge on any atom is 0.338 e. The smallest absolute Gasteiger partial charge is 0.338 e. The highest BCUT2D eigenvalue weighted by molar-refractivity contribution is 6.32. The number of hydrogen-bond acceptors (Lipinski definition) is 6. The summed E-state index contributed by atoms with van der Waals surface area (Å²) in [6.07, 6.45) is 1.95. The number of esters is 1. The normalized spacial score (nSPS) is 16.5. The zero-order valence-electron chi connectivity index (χ0n) is 13.6. The Morgan fingerprint density at radius 1 is 1.33 bits per heavy atom. The number of ether oxygens (including phenoxy) is 4. The number of carbonyl (C=O) groups excluding carboxylic acids is 2. The van der Waals surface area contributed by atoms with E-state index in [9.17, 15) is 9.59 Å². The molecule has 0 spiro atoms. The molecule has 132 valence electrons. The number of benzene rings is 1. The van der Waals surface area contributed by atoms with E-state index in [1.807, 2.05) is 0 Å². The van der Waals surface area contributed by atoms with Crippen molar-refractivity contribution >= 4 is 23.5 Å². The molecule has 1 aliphatic rings. The Labute approximate surface area is 145 Å². The lowest BCUT2D eigenvalue weighted by Crippen LogP contribution is -2.34. The Morgan fingerprint density at radius 2 is 2.12 bits per heavy atom. The van der Waals surface area contributed by atoms with Crippen LogP contribution in [0.4, 0.5) is 0 Å². The van der Waals surface area contributed by atoms with Gasteiger partial charge in [-0.3, -0.25) is 4.79 Å². The van der Waals surface area contributed by atoms with Crippen LogP contribution in [-0.2, 0) is 14.3 Å². The number of rotatable bonds is 7. The lowest BCUT2D eigenvalue weighted by Gasteiger charge is -2.12. The molecule has 1 aromatic carbocycles. The fraction of sp³-hybridized carbons (Fsp3) is 0.500. The lowest BCUT2D eigenvalue weighted by atomic mass is 10.2. The van der Waals surface area contributed by atoms with Crippen molar-refractivity contribution in [2.45, 2.75) is 18.9 Å². The van der Waals surface area contributed by atoms with Gasteiger partial charge >= 0.3 is 5.97 Å². The first-order chi connectivity index (χ1) is 11.5. The molecule has 24 heavy (non-hydrogen) atoms. The van der Waals surface area contributed by atoms with Gasteiger partial charge < -0.3 is 24.3 Å². The molecule has 1 aliphatic heterocycles. The van der Waals surface area contributed by atoms with Gasteiger partial charge in [0.2, 0.25) is 0 Å². The van der Waals surface area contributed by atoms with Crippen LogP contribution in [0.1, 0.15) is 23.2 Å². The summed E-state index contributed by atoms with van der Waals surface area (Å²) in [4.78, 5) is 23.8. The Hall–Kier alpha value is -1.99. The van der Waals surface area contributed by atoms with E-state index >= 15 is 0 Å². The van der Waals surface area contributed by atoms with Crippen LogP contribution in [0, 0.1) is 0 Å². The fourth-order valence-corrected chi connectivity index (χ4v) is 2.62. The SMILES string of the molecule is COc1cc(C(=O)OCC(=O)NC[C@@H]2CCCO2)cc(Cl)c1OC. The fourth-order valence-electron chi connectivity index (χ4n) is 2.33. The Morgan fingerprint density at radius 3 is 2.75 bits per heavy atom. The monoisotopic (exact) mass is 357 g/mol. The third-order valence-electron chi connectivity index (χ3n) is 3.55. The molecule has 1 heterocycles. The van der Waals surface area contributed by atoms with Crippen molar-refractivity contribution in [3.63, 3.8) is 0 Å². The average Bonchev–Trinajstić information content (AvgIpc) is 3.10. The van der Waals surface area contributed by atoms with Crippen molar-refractivity contribution in [3.8, 4) is 11.5 Å². The largest absolute Gasteiger partial charge is 0.493 e. The minimum atomic E-state index is -0.676. The van der Waals surface area contributed by atoms with E-state index in [-0.39, 0.29) is 29.2 Å². The summed E-state index contributed by atoms with van der Waals surface area (Å²) in [5.74, 6) is -0.430. The Kier molecular flexibility index (Phi) is 6.69. The summed E-state index contributed by atoms with van der Waals surface area (Å²) in [5.41, 5.74) is 0.171. The van der Waals surface area contributed by atoms with E-state index < -0.39 is 5.97 Å². The van der Waals surface area contributed by atoms with Crippen LogP contribution in [0.3, 0.4) is 0 Å². The summed E-state index contributed by atoms with van der Waals surface area (Å²) >= 11 is 6.04. The molecule has 1 atom stereocenters. The van der Waals surface area contributed by atoms with Gasteiger partial charge in [-0.15, -0.1) is 0 Å². The molecule has 1 fully saturated rings. The maximum atomic E-state index is 12.0. The van der Waals surface area contributed by atoms with Crippen LogP contribution in [0.2, 0.25) is 5.02 Å². The highest BCUT2D eigenvalue weighted by Gasteiger charge is 2.19. The van der Waals surface area contributed by atoms with Crippen LogP contribution in [0.5, 0.6) is 11.5 Å². The zero-order chi connectivity index (χ0) is 17.5. The van der Waals surface area contributed by atoms with Gasteiger partial charge in [-0.1, -0.05) is 11.6 Å². The first-order valence-electron chi connectivity index (χ1n) is 7.52. The molecule has 1 aromatic rings. The molecule has 0 aliphatic carbocycles. The van der Waals surface area contributed by atoms with Gasteiger partial charge in [0.15, 0.2) is 18.1 Å². The number of hydrogen-bond donors (Lipinski definition) is 1. The van der Waals surface area contributed by atoms with E-state index in [2.05, 4.69) is 5.32 Å². The van der Waals surface area contributed by atoms with Gasteiger partial charge in [0.05, 0.1) is 30.9 Å². The average molecular weight is 358 g/mol. The maximum absolute atomic E-state index is 12.0. The van der Waals surface area contributed by atoms with Gasteiger partial charge in [0, 0.05) is 13.2 Å².